The highest BCUT2D eigenvalue weighted by Crippen LogP contribution is 2.28. The second-order valence-corrected chi connectivity index (χ2v) is 7.67. The van der Waals surface area contributed by atoms with Gasteiger partial charge in [-0.15, -0.1) is 0 Å². The van der Waals surface area contributed by atoms with Crippen molar-refractivity contribution in [1.29, 1.82) is 0 Å². The van der Waals surface area contributed by atoms with Gasteiger partial charge in [-0.3, -0.25) is 4.90 Å². The van der Waals surface area contributed by atoms with Crippen LogP contribution >= 0.6 is 0 Å². The van der Waals surface area contributed by atoms with Crippen LogP contribution in [-0.4, -0.2) is 30.1 Å². The summed E-state index contributed by atoms with van der Waals surface area (Å²) in [5, 5.41) is 0. The molecule has 2 rings (SSSR count). The lowest BCUT2D eigenvalue weighted by Crippen LogP contribution is -2.51. The zero-order chi connectivity index (χ0) is 14.9. The Balaban J connectivity index is 1.89. The molecule has 1 saturated carbocycles. The molecule has 0 radical (unpaired) electrons. The average molecular weight is 295 g/mol. The summed E-state index contributed by atoms with van der Waals surface area (Å²) in [6, 6.07) is 1.48. The Morgan fingerprint density at radius 2 is 1.33 bits per heavy atom. The molecule has 2 nitrogen and oxygen atoms in total. The SMILES string of the molecule is CC1CCN(C2CCCCCCCCCCC2)C(CN)C1. The lowest BCUT2D eigenvalue weighted by Gasteiger charge is -2.43. The van der Waals surface area contributed by atoms with Crippen molar-refractivity contribution in [3.05, 3.63) is 0 Å². The van der Waals surface area contributed by atoms with Crippen molar-refractivity contribution in [2.75, 3.05) is 13.1 Å². The Morgan fingerprint density at radius 3 is 1.86 bits per heavy atom. The molecule has 2 atom stereocenters. The van der Waals surface area contributed by atoms with Crippen LogP contribution in [0.25, 0.3) is 0 Å². The van der Waals surface area contributed by atoms with Crippen LogP contribution in [0.15, 0.2) is 0 Å². The molecular formula is C19H38N2. The number of likely N-dealkylation sites (tertiary alicyclic amines) is 1. The number of nitrogens with zero attached hydrogens (tertiary/aromatic N) is 1. The molecule has 1 saturated heterocycles. The van der Waals surface area contributed by atoms with E-state index >= 15 is 0 Å². The molecule has 2 N–H and O–H groups in total. The van der Waals surface area contributed by atoms with Crippen LogP contribution in [0, 0.1) is 5.92 Å². The molecule has 124 valence electrons. The van der Waals surface area contributed by atoms with Crippen molar-refractivity contribution in [2.24, 2.45) is 11.7 Å². The second-order valence-electron chi connectivity index (χ2n) is 7.67. The first kappa shape index (κ1) is 17.3. The van der Waals surface area contributed by atoms with Crippen LogP contribution in [0.5, 0.6) is 0 Å². The van der Waals surface area contributed by atoms with Crippen molar-refractivity contribution < 1.29 is 0 Å². The summed E-state index contributed by atoms with van der Waals surface area (Å²) in [7, 11) is 0. The Bertz CT molecular complexity index is 254. The van der Waals surface area contributed by atoms with Crippen LogP contribution in [0.4, 0.5) is 0 Å². The third-order valence-corrected chi connectivity index (χ3v) is 5.84. The van der Waals surface area contributed by atoms with Gasteiger partial charge in [0.2, 0.25) is 0 Å². The number of nitrogens with two attached hydrogens (primary N) is 1. The van der Waals surface area contributed by atoms with E-state index in [1.807, 2.05) is 0 Å². The Hall–Kier alpha value is -0.0800. The minimum absolute atomic E-state index is 0.659. The fourth-order valence-electron chi connectivity index (χ4n) is 4.46. The van der Waals surface area contributed by atoms with Gasteiger partial charge in [0.25, 0.3) is 0 Å². The van der Waals surface area contributed by atoms with Gasteiger partial charge in [-0.05, 0) is 38.1 Å². The molecule has 0 aromatic carbocycles. The van der Waals surface area contributed by atoms with E-state index in [9.17, 15) is 0 Å². The molecule has 1 aliphatic carbocycles. The first-order valence-electron chi connectivity index (χ1n) is 9.77. The second kappa shape index (κ2) is 9.84. The highest BCUT2D eigenvalue weighted by Gasteiger charge is 2.30. The van der Waals surface area contributed by atoms with Gasteiger partial charge in [0, 0.05) is 18.6 Å². The van der Waals surface area contributed by atoms with E-state index in [1.54, 1.807) is 0 Å². The monoisotopic (exact) mass is 294 g/mol. The Labute approximate surface area is 132 Å². The Kier molecular flexibility index (Phi) is 8.10. The molecule has 1 heterocycles. The highest BCUT2D eigenvalue weighted by molar-refractivity contribution is 4.86. The van der Waals surface area contributed by atoms with Crippen molar-refractivity contribution in [3.8, 4) is 0 Å². The molecule has 2 aliphatic rings. The van der Waals surface area contributed by atoms with Crippen molar-refractivity contribution in [2.45, 2.75) is 102 Å². The molecule has 0 spiro atoms. The smallest absolute Gasteiger partial charge is 0.0223 e. The van der Waals surface area contributed by atoms with E-state index in [0.717, 1.165) is 18.5 Å². The third-order valence-electron chi connectivity index (χ3n) is 5.84. The molecular weight excluding hydrogens is 256 g/mol. The summed E-state index contributed by atoms with van der Waals surface area (Å²) in [5.41, 5.74) is 6.09. The van der Waals surface area contributed by atoms with Crippen LogP contribution in [0.1, 0.15) is 90.4 Å². The quantitative estimate of drug-likeness (QED) is 0.798. The predicted molar refractivity (Wildman–Crippen MR) is 92.5 cm³/mol. The summed E-state index contributed by atoms with van der Waals surface area (Å²) in [5.74, 6) is 0.876. The summed E-state index contributed by atoms with van der Waals surface area (Å²) in [6.45, 7) is 4.57. The van der Waals surface area contributed by atoms with Crippen molar-refractivity contribution >= 4 is 0 Å². The van der Waals surface area contributed by atoms with E-state index < -0.39 is 0 Å². The zero-order valence-corrected chi connectivity index (χ0v) is 14.4. The van der Waals surface area contributed by atoms with Crippen molar-refractivity contribution in [1.82, 2.24) is 4.90 Å². The van der Waals surface area contributed by atoms with Gasteiger partial charge in [-0.2, -0.15) is 0 Å². The molecule has 0 amide bonds. The first-order valence-corrected chi connectivity index (χ1v) is 9.77. The zero-order valence-electron chi connectivity index (χ0n) is 14.4. The maximum atomic E-state index is 6.09. The molecule has 1 aliphatic heterocycles. The van der Waals surface area contributed by atoms with Gasteiger partial charge >= 0.3 is 0 Å². The lowest BCUT2D eigenvalue weighted by molar-refractivity contribution is 0.0645. The highest BCUT2D eigenvalue weighted by atomic mass is 15.2. The number of rotatable bonds is 2. The standard InChI is InChI=1S/C19H38N2/c1-17-13-14-21(19(15-17)16-20)18-11-9-7-5-3-2-4-6-8-10-12-18/h17-19H,2-16,20H2,1H3. The normalized spacial score (nSPS) is 32.3. The number of piperidine rings is 1. The molecule has 2 fully saturated rings. The fraction of sp³-hybridized carbons (Fsp3) is 1.00. The topological polar surface area (TPSA) is 29.3 Å². The van der Waals surface area contributed by atoms with Gasteiger partial charge in [0.05, 0.1) is 0 Å². The van der Waals surface area contributed by atoms with Gasteiger partial charge in [-0.25, -0.2) is 0 Å². The number of hydrogen-bond acceptors (Lipinski definition) is 2. The van der Waals surface area contributed by atoms with Crippen LogP contribution < -0.4 is 5.73 Å². The summed E-state index contributed by atoms with van der Waals surface area (Å²) in [4.78, 5) is 2.81. The summed E-state index contributed by atoms with van der Waals surface area (Å²) < 4.78 is 0. The average Bonchev–Trinajstić information content (AvgIpc) is 2.48. The largest absolute Gasteiger partial charge is 0.329 e. The first-order chi connectivity index (χ1) is 10.3. The van der Waals surface area contributed by atoms with Gasteiger partial charge in [-0.1, -0.05) is 64.7 Å². The Morgan fingerprint density at radius 1 is 0.810 bits per heavy atom. The minimum Gasteiger partial charge on any atom is -0.329 e. The molecule has 0 bridgehead atoms. The maximum absolute atomic E-state index is 6.09. The van der Waals surface area contributed by atoms with Crippen LogP contribution in [0.3, 0.4) is 0 Å². The summed E-state index contributed by atoms with van der Waals surface area (Å²) >= 11 is 0. The van der Waals surface area contributed by atoms with E-state index in [1.165, 1.54) is 90.0 Å². The molecule has 21 heavy (non-hydrogen) atoms. The van der Waals surface area contributed by atoms with Gasteiger partial charge < -0.3 is 5.73 Å². The molecule has 0 aromatic heterocycles. The molecule has 2 heteroatoms. The number of hydrogen-bond donors (Lipinski definition) is 1. The van der Waals surface area contributed by atoms with E-state index in [-0.39, 0.29) is 0 Å². The lowest BCUT2D eigenvalue weighted by atomic mass is 9.88. The van der Waals surface area contributed by atoms with E-state index in [4.69, 9.17) is 5.73 Å². The van der Waals surface area contributed by atoms with Gasteiger partial charge in [0.15, 0.2) is 0 Å². The maximum Gasteiger partial charge on any atom is 0.0223 e. The third kappa shape index (κ3) is 5.90. The van der Waals surface area contributed by atoms with E-state index in [0.29, 0.717) is 6.04 Å². The predicted octanol–water partition coefficient (Wildman–Crippen LogP) is 4.72. The van der Waals surface area contributed by atoms with Crippen LogP contribution in [-0.2, 0) is 0 Å². The van der Waals surface area contributed by atoms with E-state index in [2.05, 4.69) is 11.8 Å². The summed E-state index contributed by atoms with van der Waals surface area (Å²) in [6.07, 6.45) is 18.7. The molecule has 2 unspecified atom stereocenters. The van der Waals surface area contributed by atoms with Crippen molar-refractivity contribution in [3.63, 3.8) is 0 Å². The minimum atomic E-state index is 0.659. The van der Waals surface area contributed by atoms with Gasteiger partial charge in [0.1, 0.15) is 0 Å². The fourth-order valence-corrected chi connectivity index (χ4v) is 4.46. The van der Waals surface area contributed by atoms with Crippen LogP contribution in [0.2, 0.25) is 0 Å². The molecule has 0 aromatic rings.